The normalized spacial score (nSPS) is 19.7. The lowest BCUT2D eigenvalue weighted by Gasteiger charge is -2.25. The average molecular weight is 304 g/mol. The van der Waals surface area contributed by atoms with Crippen LogP contribution in [0.15, 0.2) is 34.1 Å². The number of nitrogens with zero attached hydrogens (tertiary/aromatic N) is 1. The van der Waals surface area contributed by atoms with Gasteiger partial charge in [-0.15, -0.1) is 11.3 Å². The van der Waals surface area contributed by atoms with Crippen molar-refractivity contribution >= 4 is 17.4 Å². The van der Waals surface area contributed by atoms with Crippen LogP contribution >= 0.6 is 11.3 Å². The number of carbonyl (C=O) groups is 1. The third kappa shape index (κ3) is 2.97. The van der Waals surface area contributed by atoms with E-state index in [2.05, 4.69) is 16.8 Å². The van der Waals surface area contributed by atoms with Crippen molar-refractivity contribution in [1.29, 1.82) is 0 Å². The summed E-state index contributed by atoms with van der Waals surface area (Å²) in [5.41, 5.74) is 0. The maximum absolute atomic E-state index is 12.5. The molecule has 0 radical (unpaired) electrons. The van der Waals surface area contributed by atoms with Gasteiger partial charge in [0, 0.05) is 11.4 Å². The maximum Gasteiger partial charge on any atom is 0.318 e. The summed E-state index contributed by atoms with van der Waals surface area (Å²) in [7, 11) is 0. The molecule has 5 heteroatoms. The summed E-state index contributed by atoms with van der Waals surface area (Å²) in [6.07, 6.45) is 2.10. The number of amides is 2. The number of thiophene rings is 1. The topological polar surface area (TPSA) is 45.5 Å². The summed E-state index contributed by atoms with van der Waals surface area (Å²) in [6.45, 7) is 4.68. The minimum absolute atomic E-state index is 0.00699. The van der Waals surface area contributed by atoms with Gasteiger partial charge < -0.3 is 14.6 Å². The molecule has 3 heterocycles. The summed E-state index contributed by atoms with van der Waals surface area (Å²) in [5.74, 6) is 1.66. The highest BCUT2D eigenvalue weighted by Crippen LogP contribution is 2.34. The molecule has 1 saturated heterocycles. The second kappa shape index (κ2) is 5.93. The van der Waals surface area contributed by atoms with Gasteiger partial charge in [0.2, 0.25) is 0 Å². The molecule has 21 heavy (non-hydrogen) atoms. The first-order valence-electron chi connectivity index (χ1n) is 7.32. The number of rotatable bonds is 3. The minimum atomic E-state index is -0.115. The lowest BCUT2D eigenvalue weighted by Crippen LogP contribution is -2.40. The van der Waals surface area contributed by atoms with E-state index in [1.165, 1.54) is 4.88 Å². The van der Waals surface area contributed by atoms with Crippen LogP contribution in [0.3, 0.4) is 0 Å². The molecule has 1 fully saturated rings. The van der Waals surface area contributed by atoms with Crippen LogP contribution in [-0.2, 0) is 0 Å². The Kier molecular flexibility index (Phi) is 4.01. The van der Waals surface area contributed by atoms with E-state index in [-0.39, 0.29) is 18.1 Å². The SMILES string of the molecule is Cc1ccc([C@@H](C)NC(=O)N2CCC[C@H]2c2cccs2)o1. The summed E-state index contributed by atoms with van der Waals surface area (Å²) in [6, 6.07) is 8.09. The minimum Gasteiger partial charge on any atom is -0.464 e. The first kappa shape index (κ1) is 14.2. The van der Waals surface area contributed by atoms with Crippen LogP contribution in [0.4, 0.5) is 4.79 Å². The van der Waals surface area contributed by atoms with E-state index in [4.69, 9.17) is 4.42 Å². The van der Waals surface area contributed by atoms with Crippen molar-refractivity contribution in [2.24, 2.45) is 0 Å². The van der Waals surface area contributed by atoms with E-state index >= 15 is 0 Å². The van der Waals surface area contributed by atoms with Gasteiger partial charge >= 0.3 is 6.03 Å². The van der Waals surface area contributed by atoms with E-state index < -0.39 is 0 Å². The van der Waals surface area contributed by atoms with Crippen molar-refractivity contribution in [2.45, 2.75) is 38.8 Å². The Morgan fingerprint density at radius 1 is 1.48 bits per heavy atom. The number of hydrogen-bond donors (Lipinski definition) is 1. The Bertz CT molecular complexity index is 606. The lowest BCUT2D eigenvalue weighted by molar-refractivity contribution is 0.189. The number of carbonyl (C=O) groups excluding carboxylic acids is 1. The molecular weight excluding hydrogens is 284 g/mol. The van der Waals surface area contributed by atoms with E-state index in [0.29, 0.717) is 0 Å². The molecular formula is C16H20N2O2S. The molecule has 0 aromatic carbocycles. The Balaban J connectivity index is 1.67. The second-order valence-electron chi connectivity index (χ2n) is 5.49. The molecule has 0 spiro atoms. The zero-order chi connectivity index (χ0) is 14.8. The molecule has 0 aliphatic carbocycles. The van der Waals surface area contributed by atoms with Gasteiger partial charge in [0.05, 0.1) is 12.1 Å². The quantitative estimate of drug-likeness (QED) is 0.921. The van der Waals surface area contributed by atoms with Crippen LogP contribution in [-0.4, -0.2) is 17.5 Å². The van der Waals surface area contributed by atoms with Crippen LogP contribution in [0.5, 0.6) is 0 Å². The van der Waals surface area contributed by atoms with Crippen molar-refractivity contribution in [1.82, 2.24) is 10.2 Å². The fourth-order valence-electron chi connectivity index (χ4n) is 2.81. The van der Waals surface area contributed by atoms with Crippen molar-refractivity contribution < 1.29 is 9.21 Å². The Labute approximate surface area is 128 Å². The van der Waals surface area contributed by atoms with Gasteiger partial charge in [0.15, 0.2) is 0 Å². The number of hydrogen-bond acceptors (Lipinski definition) is 3. The highest BCUT2D eigenvalue weighted by Gasteiger charge is 2.31. The monoisotopic (exact) mass is 304 g/mol. The summed E-state index contributed by atoms with van der Waals surface area (Å²) >= 11 is 1.72. The second-order valence-corrected chi connectivity index (χ2v) is 6.47. The van der Waals surface area contributed by atoms with Crippen LogP contribution in [0.1, 0.15) is 48.2 Å². The highest BCUT2D eigenvalue weighted by molar-refractivity contribution is 7.10. The van der Waals surface area contributed by atoms with E-state index in [9.17, 15) is 4.79 Å². The number of furan rings is 1. The highest BCUT2D eigenvalue weighted by atomic mass is 32.1. The molecule has 112 valence electrons. The van der Waals surface area contributed by atoms with E-state index in [1.54, 1.807) is 11.3 Å². The van der Waals surface area contributed by atoms with Crippen molar-refractivity contribution in [3.05, 3.63) is 46.0 Å². The first-order chi connectivity index (χ1) is 10.1. The largest absolute Gasteiger partial charge is 0.464 e. The van der Waals surface area contributed by atoms with Gasteiger partial charge in [0.1, 0.15) is 11.5 Å². The molecule has 2 aromatic heterocycles. The predicted octanol–water partition coefficient (Wildman–Crippen LogP) is 4.26. The van der Waals surface area contributed by atoms with Gasteiger partial charge in [-0.05, 0) is 50.3 Å². The van der Waals surface area contributed by atoms with Gasteiger partial charge in [-0.25, -0.2) is 4.79 Å². The summed E-state index contributed by atoms with van der Waals surface area (Å²) in [5, 5.41) is 5.11. The smallest absolute Gasteiger partial charge is 0.318 e. The number of urea groups is 1. The molecule has 0 unspecified atom stereocenters. The molecule has 0 saturated carbocycles. The molecule has 1 aliphatic rings. The Hall–Kier alpha value is -1.75. The van der Waals surface area contributed by atoms with Crippen LogP contribution in [0.25, 0.3) is 0 Å². The number of aryl methyl sites for hydroxylation is 1. The zero-order valence-corrected chi connectivity index (χ0v) is 13.2. The molecule has 4 nitrogen and oxygen atoms in total. The van der Waals surface area contributed by atoms with Gasteiger partial charge in [-0.2, -0.15) is 0 Å². The van der Waals surface area contributed by atoms with Crippen molar-refractivity contribution in [3.63, 3.8) is 0 Å². The summed E-state index contributed by atoms with van der Waals surface area (Å²) < 4.78 is 5.58. The van der Waals surface area contributed by atoms with Gasteiger partial charge in [-0.1, -0.05) is 6.07 Å². The molecule has 2 atom stereocenters. The Morgan fingerprint density at radius 3 is 3.00 bits per heavy atom. The number of likely N-dealkylation sites (tertiary alicyclic amines) is 1. The molecule has 2 amide bonds. The van der Waals surface area contributed by atoms with Gasteiger partial charge in [0.25, 0.3) is 0 Å². The molecule has 3 rings (SSSR count). The first-order valence-corrected chi connectivity index (χ1v) is 8.20. The molecule has 0 bridgehead atoms. The maximum atomic E-state index is 12.5. The van der Waals surface area contributed by atoms with Crippen LogP contribution in [0.2, 0.25) is 0 Å². The molecule has 1 N–H and O–H groups in total. The molecule has 1 aliphatic heterocycles. The fraction of sp³-hybridized carbons (Fsp3) is 0.438. The van der Waals surface area contributed by atoms with Gasteiger partial charge in [-0.3, -0.25) is 0 Å². The lowest BCUT2D eigenvalue weighted by atomic mass is 10.2. The summed E-state index contributed by atoms with van der Waals surface area (Å²) in [4.78, 5) is 15.7. The Morgan fingerprint density at radius 2 is 2.33 bits per heavy atom. The fourth-order valence-corrected chi connectivity index (χ4v) is 3.69. The number of nitrogens with one attached hydrogen (secondary N) is 1. The van der Waals surface area contributed by atoms with Crippen LogP contribution < -0.4 is 5.32 Å². The third-order valence-corrected chi connectivity index (χ3v) is 4.89. The third-order valence-electron chi connectivity index (χ3n) is 3.91. The average Bonchev–Trinajstić information content (AvgIpc) is 3.19. The van der Waals surface area contributed by atoms with Crippen molar-refractivity contribution in [3.8, 4) is 0 Å². The van der Waals surface area contributed by atoms with E-state index in [0.717, 1.165) is 30.9 Å². The van der Waals surface area contributed by atoms with E-state index in [1.807, 2.05) is 36.9 Å². The zero-order valence-electron chi connectivity index (χ0n) is 12.3. The van der Waals surface area contributed by atoms with Crippen LogP contribution in [0, 0.1) is 6.92 Å². The predicted molar refractivity (Wildman–Crippen MR) is 83.4 cm³/mol. The van der Waals surface area contributed by atoms with Crippen molar-refractivity contribution in [2.75, 3.05) is 6.54 Å². The molecule has 2 aromatic rings. The standard InChI is InChI=1S/C16H20N2O2S/c1-11-7-8-14(20-11)12(2)17-16(19)18-9-3-5-13(18)15-6-4-10-21-15/h4,6-8,10,12-13H,3,5,9H2,1-2H3,(H,17,19)/t12-,13+/m1/s1.